The van der Waals surface area contributed by atoms with Crippen LogP contribution in [0.3, 0.4) is 0 Å². The zero-order chi connectivity index (χ0) is 19.5. The summed E-state index contributed by atoms with van der Waals surface area (Å²) >= 11 is 0. The Hall–Kier alpha value is -3.09. The Balaban J connectivity index is 1.31. The Morgan fingerprint density at radius 2 is 1.71 bits per heavy atom. The molecular weight excluding hydrogens is 360 g/mol. The van der Waals surface area contributed by atoms with Crippen molar-refractivity contribution >= 4 is 22.5 Å². The van der Waals surface area contributed by atoms with Gasteiger partial charge in [-0.25, -0.2) is 8.78 Å². The minimum Gasteiger partial charge on any atom is -0.370 e. The van der Waals surface area contributed by atoms with Crippen molar-refractivity contribution < 1.29 is 8.78 Å². The highest BCUT2D eigenvalue weighted by molar-refractivity contribution is 5.83. The van der Waals surface area contributed by atoms with E-state index in [4.69, 9.17) is 5.73 Å². The highest BCUT2D eigenvalue weighted by atomic mass is 19.1. The SMILES string of the molecule is NC(=NCCc1c[nH]c2cc(F)ccc12)N1CCN(c2ccc(F)cc2)CC1. The Morgan fingerprint density at radius 3 is 2.46 bits per heavy atom. The van der Waals surface area contributed by atoms with E-state index in [1.54, 1.807) is 18.2 Å². The summed E-state index contributed by atoms with van der Waals surface area (Å²) in [6.45, 7) is 3.76. The third-order valence-electron chi connectivity index (χ3n) is 5.18. The summed E-state index contributed by atoms with van der Waals surface area (Å²) in [7, 11) is 0. The number of H-pyrrole nitrogens is 1. The van der Waals surface area contributed by atoms with Gasteiger partial charge in [-0.1, -0.05) is 0 Å². The first-order valence-electron chi connectivity index (χ1n) is 9.41. The van der Waals surface area contributed by atoms with Crippen LogP contribution in [0.1, 0.15) is 5.56 Å². The fraction of sp³-hybridized carbons (Fsp3) is 0.286. The number of nitrogens with one attached hydrogen (secondary N) is 1. The zero-order valence-corrected chi connectivity index (χ0v) is 15.5. The average molecular weight is 383 g/mol. The molecule has 1 aliphatic heterocycles. The number of anilines is 1. The van der Waals surface area contributed by atoms with Gasteiger partial charge in [-0.2, -0.15) is 0 Å². The van der Waals surface area contributed by atoms with E-state index in [-0.39, 0.29) is 11.6 Å². The lowest BCUT2D eigenvalue weighted by molar-refractivity contribution is 0.381. The molecule has 146 valence electrons. The number of guanidine groups is 1. The Kier molecular flexibility index (Phi) is 5.14. The fourth-order valence-corrected chi connectivity index (χ4v) is 3.60. The molecule has 28 heavy (non-hydrogen) atoms. The van der Waals surface area contributed by atoms with Crippen LogP contribution in [-0.4, -0.2) is 48.6 Å². The lowest BCUT2D eigenvalue weighted by Crippen LogP contribution is -2.51. The Morgan fingerprint density at radius 1 is 1.00 bits per heavy atom. The molecule has 0 amide bonds. The third-order valence-corrected chi connectivity index (χ3v) is 5.18. The molecule has 2 heterocycles. The summed E-state index contributed by atoms with van der Waals surface area (Å²) in [5.41, 5.74) is 9.10. The summed E-state index contributed by atoms with van der Waals surface area (Å²) in [5, 5.41) is 1.02. The van der Waals surface area contributed by atoms with Crippen molar-refractivity contribution in [2.75, 3.05) is 37.6 Å². The standard InChI is InChI=1S/C21H23F2N5/c22-16-1-4-18(5-2-16)27-9-11-28(12-10-27)21(24)25-8-7-15-14-26-20-13-17(23)3-6-19(15)20/h1-6,13-14,26H,7-12H2,(H2,24,25). The van der Waals surface area contributed by atoms with Gasteiger partial charge < -0.3 is 20.5 Å². The maximum atomic E-state index is 13.3. The number of aromatic nitrogens is 1. The van der Waals surface area contributed by atoms with Crippen LogP contribution < -0.4 is 10.6 Å². The molecule has 2 aromatic carbocycles. The number of hydrogen-bond donors (Lipinski definition) is 2. The summed E-state index contributed by atoms with van der Waals surface area (Å²) in [6.07, 6.45) is 2.64. The van der Waals surface area contributed by atoms with Gasteiger partial charge in [0.05, 0.1) is 0 Å². The molecule has 3 aromatic rings. The van der Waals surface area contributed by atoms with E-state index in [9.17, 15) is 8.78 Å². The molecule has 0 saturated carbocycles. The van der Waals surface area contributed by atoms with Crippen molar-refractivity contribution in [3.05, 3.63) is 65.9 Å². The van der Waals surface area contributed by atoms with E-state index in [0.29, 0.717) is 12.5 Å². The van der Waals surface area contributed by atoms with Gasteiger partial charge in [-0.05, 0) is 54.4 Å². The second-order valence-electron chi connectivity index (χ2n) is 6.94. The van der Waals surface area contributed by atoms with Gasteiger partial charge in [0.15, 0.2) is 5.96 Å². The van der Waals surface area contributed by atoms with E-state index >= 15 is 0 Å². The zero-order valence-electron chi connectivity index (χ0n) is 15.5. The summed E-state index contributed by atoms with van der Waals surface area (Å²) in [4.78, 5) is 11.9. The lowest BCUT2D eigenvalue weighted by atomic mass is 10.1. The molecule has 0 aliphatic carbocycles. The van der Waals surface area contributed by atoms with Crippen molar-refractivity contribution in [1.29, 1.82) is 0 Å². The number of nitrogens with two attached hydrogens (primary N) is 1. The minimum absolute atomic E-state index is 0.223. The average Bonchev–Trinajstić information content (AvgIpc) is 3.10. The molecular formula is C21H23F2N5. The van der Waals surface area contributed by atoms with Crippen LogP contribution in [-0.2, 0) is 6.42 Å². The van der Waals surface area contributed by atoms with Crippen molar-refractivity contribution in [3.63, 3.8) is 0 Å². The molecule has 1 saturated heterocycles. The molecule has 5 nitrogen and oxygen atoms in total. The van der Waals surface area contributed by atoms with Gasteiger partial charge >= 0.3 is 0 Å². The second-order valence-corrected chi connectivity index (χ2v) is 6.94. The maximum absolute atomic E-state index is 13.3. The largest absolute Gasteiger partial charge is 0.370 e. The number of hydrogen-bond acceptors (Lipinski definition) is 2. The quantitative estimate of drug-likeness (QED) is 0.538. The normalized spacial score (nSPS) is 15.4. The van der Waals surface area contributed by atoms with Gasteiger partial charge in [0.1, 0.15) is 11.6 Å². The van der Waals surface area contributed by atoms with Crippen LogP contribution in [0.5, 0.6) is 0 Å². The Labute approximate surface area is 162 Å². The first-order valence-corrected chi connectivity index (χ1v) is 9.41. The van der Waals surface area contributed by atoms with Crippen LogP contribution >= 0.6 is 0 Å². The third kappa shape index (κ3) is 3.93. The van der Waals surface area contributed by atoms with Crippen LogP contribution in [0.25, 0.3) is 10.9 Å². The Bertz CT molecular complexity index is 972. The highest BCUT2D eigenvalue weighted by Crippen LogP contribution is 2.20. The molecule has 1 aromatic heterocycles. The van der Waals surface area contributed by atoms with E-state index in [0.717, 1.165) is 54.8 Å². The number of benzene rings is 2. The molecule has 0 unspecified atom stereocenters. The minimum atomic E-state index is -0.247. The van der Waals surface area contributed by atoms with Crippen molar-refractivity contribution in [1.82, 2.24) is 9.88 Å². The fourth-order valence-electron chi connectivity index (χ4n) is 3.60. The number of halogens is 2. The number of nitrogens with zero attached hydrogens (tertiary/aromatic N) is 3. The predicted molar refractivity (Wildman–Crippen MR) is 109 cm³/mol. The maximum Gasteiger partial charge on any atom is 0.191 e. The van der Waals surface area contributed by atoms with Crippen LogP contribution in [0.15, 0.2) is 53.7 Å². The number of piperazine rings is 1. The van der Waals surface area contributed by atoms with Crippen molar-refractivity contribution in [2.45, 2.75) is 6.42 Å². The molecule has 0 spiro atoms. The summed E-state index contributed by atoms with van der Waals surface area (Å²) in [6, 6.07) is 11.3. The van der Waals surface area contributed by atoms with E-state index in [1.165, 1.54) is 24.3 Å². The van der Waals surface area contributed by atoms with E-state index in [2.05, 4.69) is 19.8 Å². The summed E-state index contributed by atoms with van der Waals surface area (Å²) < 4.78 is 26.3. The predicted octanol–water partition coefficient (Wildman–Crippen LogP) is 3.13. The first kappa shape index (κ1) is 18.3. The van der Waals surface area contributed by atoms with Gasteiger partial charge in [-0.3, -0.25) is 4.99 Å². The number of fused-ring (bicyclic) bond motifs is 1. The molecule has 0 radical (unpaired) electrons. The van der Waals surface area contributed by atoms with E-state index < -0.39 is 0 Å². The monoisotopic (exact) mass is 383 g/mol. The van der Waals surface area contributed by atoms with E-state index in [1.807, 2.05) is 6.20 Å². The molecule has 0 bridgehead atoms. The lowest BCUT2D eigenvalue weighted by Gasteiger charge is -2.36. The number of rotatable bonds is 4. The second kappa shape index (κ2) is 7.88. The molecule has 0 atom stereocenters. The van der Waals surface area contributed by atoms with Gasteiger partial charge in [0.2, 0.25) is 0 Å². The van der Waals surface area contributed by atoms with Crippen LogP contribution in [0, 0.1) is 11.6 Å². The number of aromatic amines is 1. The molecule has 7 heteroatoms. The highest BCUT2D eigenvalue weighted by Gasteiger charge is 2.18. The summed E-state index contributed by atoms with van der Waals surface area (Å²) in [5.74, 6) is 0.0756. The van der Waals surface area contributed by atoms with Crippen LogP contribution in [0.4, 0.5) is 14.5 Å². The smallest absolute Gasteiger partial charge is 0.191 e. The van der Waals surface area contributed by atoms with Crippen molar-refractivity contribution in [3.8, 4) is 0 Å². The molecule has 4 rings (SSSR count). The molecule has 1 fully saturated rings. The number of aliphatic imine (C=N–C) groups is 1. The molecule has 1 aliphatic rings. The van der Waals surface area contributed by atoms with Crippen LogP contribution in [0.2, 0.25) is 0 Å². The first-order chi connectivity index (χ1) is 13.6. The van der Waals surface area contributed by atoms with Gasteiger partial charge in [0.25, 0.3) is 0 Å². The topological polar surface area (TPSA) is 60.6 Å². The van der Waals surface area contributed by atoms with Gasteiger partial charge in [0, 0.05) is 55.5 Å². The van der Waals surface area contributed by atoms with Gasteiger partial charge in [-0.15, -0.1) is 0 Å². The molecule has 3 N–H and O–H groups in total. The van der Waals surface area contributed by atoms with Crippen molar-refractivity contribution in [2.24, 2.45) is 10.7 Å².